The second kappa shape index (κ2) is 9.42. The molecule has 0 spiro atoms. The highest BCUT2D eigenvalue weighted by molar-refractivity contribution is 5.77. The monoisotopic (exact) mass is 438 g/mol. The van der Waals surface area contributed by atoms with E-state index in [0.29, 0.717) is 39.1 Å². The maximum absolute atomic E-state index is 12.9. The molecule has 2 aliphatic heterocycles. The largest absolute Gasteiger partial charge is 0.492 e. The van der Waals surface area contributed by atoms with E-state index in [0.717, 1.165) is 30.1 Å². The Kier molecular flexibility index (Phi) is 6.43. The number of rotatable bonds is 6. The highest BCUT2D eigenvalue weighted by Crippen LogP contribution is 2.35. The molecule has 4 rings (SSSR count). The lowest BCUT2D eigenvalue weighted by Crippen LogP contribution is -2.48. The van der Waals surface area contributed by atoms with Gasteiger partial charge in [-0.05, 0) is 55.5 Å². The molecule has 0 unspecified atom stereocenters. The second-order valence-corrected chi connectivity index (χ2v) is 8.33. The third-order valence-corrected chi connectivity index (χ3v) is 6.37. The number of hydrogen-bond acceptors (Lipinski definition) is 7. The van der Waals surface area contributed by atoms with E-state index in [-0.39, 0.29) is 18.5 Å². The zero-order valence-corrected chi connectivity index (χ0v) is 18.4. The summed E-state index contributed by atoms with van der Waals surface area (Å²) in [7, 11) is 0. The van der Waals surface area contributed by atoms with Gasteiger partial charge < -0.3 is 25.0 Å². The lowest BCUT2D eigenvalue weighted by Gasteiger charge is -2.40. The number of piperidine rings is 1. The zero-order valence-electron chi connectivity index (χ0n) is 18.4. The molecular weight excluding hydrogens is 408 g/mol. The molecule has 0 saturated carbocycles. The number of esters is 1. The maximum atomic E-state index is 12.9. The maximum Gasteiger partial charge on any atom is 0.315 e. The molecule has 2 aliphatic rings. The minimum Gasteiger partial charge on any atom is -0.492 e. The molecule has 0 amide bonds. The van der Waals surface area contributed by atoms with Crippen LogP contribution in [0.1, 0.15) is 30.9 Å². The summed E-state index contributed by atoms with van der Waals surface area (Å²) in [6, 6.07) is 7.90. The highest BCUT2D eigenvalue weighted by Gasteiger charge is 2.44. The molecule has 0 atom stereocenters. The number of aromatic nitrogens is 2. The summed E-state index contributed by atoms with van der Waals surface area (Å²) in [5.41, 5.74) is 7.32. The van der Waals surface area contributed by atoms with Crippen molar-refractivity contribution in [3.63, 3.8) is 0 Å². The lowest BCUT2D eigenvalue weighted by atomic mass is 9.79. The van der Waals surface area contributed by atoms with Gasteiger partial charge in [0.2, 0.25) is 0 Å². The number of guanidine groups is 1. The van der Waals surface area contributed by atoms with Crippen LogP contribution in [0.2, 0.25) is 0 Å². The first-order valence-corrected chi connectivity index (χ1v) is 11.0. The molecular formula is C23H30N6O3. The van der Waals surface area contributed by atoms with Crippen LogP contribution in [0.25, 0.3) is 0 Å². The predicted molar refractivity (Wildman–Crippen MR) is 121 cm³/mol. The van der Waals surface area contributed by atoms with Crippen molar-refractivity contribution in [2.75, 3.05) is 37.7 Å². The van der Waals surface area contributed by atoms with Gasteiger partial charge in [0.05, 0.1) is 6.61 Å². The average Bonchev–Trinajstić information content (AvgIpc) is 2.83. The molecule has 0 radical (unpaired) electrons. The molecule has 3 heterocycles. The van der Waals surface area contributed by atoms with Crippen LogP contribution in [0.4, 0.5) is 5.82 Å². The molecule has 2 aromatic rings. The molecule has 0 bridgehead atoms. The normalized spacial score (nSPS) is 17.4. The molecule has 1 fully saturated rings. The van der Waals surface area contributed by atoms with Crippen LogP contribution >= 0.6 is 0 Å². The molecule has 1 aromatic heterocycles. The first kappa shape index (κ1) is 21.9. The fraction of sp³-hybridized carbons (Fsp3) is 0.478. The van der Waals surface area contributed by atoms with Crippen LogP contribution < -0.4 is 15.4 Å². The van der Waals surface area contributed by atoms with Crippen molar-refractivity contribution < 1.29 is 14.3 Å². The van der Waals surface area contributed by atoms with Gasteiger partial charge in [-0.25, -0.2) is 9.97 Å². The van der Waals surface area contributed by atoms with Crippen LogP contribution in [0.15, 0.2) is 36.8 Å². The number of anilines is 1. The van der Waals surface area contributed by atoms with Gasteiger partial charge in [0.25, 0.3) is 0 Å². The molecule has 0 aliphatic carbocycles. The number of nitrogens with zero attached hydrogens (tertiary/aromatic N) is 4. The van der Waals surface area contributed by atoms with E-state index >= 15 is 0 Å². The van der Waals surface area contributed by atoms with E-state index in [1.165, 1.54) is 11.9 Å². The van der Waals surface area contributed by atoms with Crippen LogP contribution in [0.3, 0.4) is 0 Å². The van der Waals surface area contributed by atoms with Crippen molar-refractivity contribution in [2.45, 2.75) is 32.7 Å². The molecule has 170 valence electrons. The highest BCUT2D eigenvalue weighted by atomic mass is 16.5. The van der Waals surface area contributed by atoms with Gasteiger partial charge in [-0.15, -0.1) is 0 Å². The van der Waals surface area contributed by atoms with Crippen molar-refractivity contribution in [3.8, 4) is 5.75 Å². The number of carbonyl (C=O) groups excluding carboxylic acids is 1. The molecule has 9 nitrogen and oxygen atoms in total. The summed E-state index contributed by atoms with van der Waals surface area (Å²) >= 11 is 0. The number of nitrogens with one attached hydrogen (secondary N) is 1. The van der Waals surface area contributed by atoms with Gasteiger partial charge >= 0.3 is 5.97 Å². The number of fused-ring (bicyclic) bond motifs is 1. The number of benzene rings is 1. The Hall–Kier alpha value is -3.36. The van der Waals surface area contributed by atoms with Gasteiger partial charge in [-0.3, -0.25) is 10.2 Å². The Balaban J connectivity index is 1.46. The van der Waals surface area contributed by atoms with Crippen LogP contribution in [-0.2, 0) is 22.5 Å². The van der Waals surface area contributed by atoms with Gasteiger partial charge in [0.1, 0.15) is 29.9 Å². The molecule has 1 aromatic carbocycles. The van der Waals surface area contributed by atoms with Gasteiger partial charge in [-0.1, -0.05) is 6.07 Å². The van der Waals surface area contributed by atoms with E-state index < -0.39 is 5.41 Å². The Bertz CT molecular complexity index is 959. The minimum atomic E-state index is -0.694. The zero-order chi connectivity index (χ0) is 22.6. The smallest absolute Gasteiger partial charge is 0.315 e. The summed E-state index contributed by atoms with van der Waals surface area (Å²) in [4.78, 5) is 25.2. The summed E-state index contributed by atoms with van der Waals surface area (Å²) in [5.74, 6) is 1.46. The summed E-state index contributed by atoms with van der Waals surface area (Å²) < 4.78 is 11.6. The second-order valence-electron chi connectivity index (χ2n) is 8.33. The SMILES string of the molecule is CCOC(=O)C1(COc2ccc3c(c2)CN(C(=N)N)CC3)CCN(c2ccncn2)CC1. The van der Waals surface area contributed by atoms with Crippen molar-refractivity contribution in [1.82, 2.24) is 14.9 Å². The summed E-state index contributed by atoms with van der Waals surface area (Å²) in [5, 5.41) is 7.70. The first-order chi connectivity index (χ1) is 15.5. The fourth-order valence-electron chi connectivity index (χ4n) is 4.38. The Morgan fingerprint density at radius 1 is 1.22 bits per heavy atom. The Morgan fingerprint density at radius 2 is 2.03 bits per heavy atom. The number of ether oxygens (including phenoxy) is 2. The van der Waals surface area contributed by atoms with Crippen LogP contribution in [0, 0.1) is 10.8 Å². The standard InChI is InChI=1S/C23H30N6O3/c1-2-31-21(30)23(7-11-28(12-8-23)20-5-9-26-16-27-20)15-32-19-4-3-17-6-10-29(22(24)25)14-18(17)13-19/h3-5,9,13,16H,2,6-8,10-12,14-15H2,1H3,(H3,24,25). The van der Waals surface area contributed by atoms with E-state index in [9.17, 15) is 4.79 Å². The van der Waals surface area contributed by atoms with Crippen molar-refractivity contribution in [3.05, 3.63) is 47.9 Å². The van der Waals surface area contributed by atoms with Gasteiger partial charge in [0.15, 0.2) is 5.96 Å². The quantitative estimate of drug-likeness (QED) is 0.399. The first-order valence-electron chi connectivity index (χ1n) is 11.0. The molecule has 3 N–H and O–H groups in total. The fourth-order valence-corrected chi connectivity index (χ4v) is 4.38. The van der Waals surface area contributed by atoms with Crippen LogP contribution in [-0.4, -0.2) is 59.6 Å². The van der Waals surface area contributed by atoms with Gasteiger partial charge in [-0.2, -0.15) is 0 Å². The predicted octanol–water partition coefficient (Wildman–Crippen LogP) is 1.96. The van der Waals surface area contributed by atoms with Crippen molar-refractivity contribution in [1.29, 1.82) is 5.41 Å². The molecule has 9 heteroatoms. The van der Waals surface area contributed by atoms with E-state index in [2.05, 4.69) is 20.9 Å². The average molecular weight is 439 g/mol. The topological polar surface area (TPSA) is 118 Å². The third kappa shape index (κ3) is 4.61. The minimum absolute atomic E-state index is 0.0821. The summed E-state index contributed by atoms with van der Waals surface area (Å²) in [6.07, 6.45) is 5.36. The molecule has 32 heavy (non-hydrogen) atoms. The number of hydrogen-bond donors (Lipinski definition) is 2. The van der Waals surface area contributed by atoms with E-state index in [1.54, 1.807) is 6.20 Å². The molecule has 1 saturated heterocycles. The van der Waals surface area contributed by atoms with Crippen molar-refractivity contribution in [2.24, 2.45) is 11.1 Å². The Morgan fingerprint density at radius 3 is 2.72 bits per heavy atom. The third-order valence-electron chi connectivity index (χ3n) is 6.37. The number of carbonyl (C=O) groups is 1. The van der Waals surface area contributed by atoms with E-state index in [1.807, 2.05) is 30.0 Å². The van der Waals surface area contributed by atoms with E-state index in [4.69, 9.17) is 20.6 Å². The van der Waals surface area contributed by atoms with Crippen molar-refractivity contribution >= 4 is 17.7 Å². The van der Waals surface area contributed by atoms with Gasteiger partial charge in [0, 0.05) is 32.4 Å². The Labute approximate surface area is 188 Å². The summed E-state index contributed by atoms with van der Waals surface area (Å²) in [6.45, 7) is 5.16. The lowest BCUT2D eigenvalue weighted by molar-refractivity contribution is -0.159. The number of nitrogens with two attached hydrogens (primary N) is 1. The van der Waals surface area contributed by atoms with Crippen LogP contribution in [0.5, 0.6) is 5.75 Å².